The van der Waals surface area contributed by atoms with Crippen molar-refractivity contribution in [1.29, 1.82) is 0 Å². The highest BCUT2D eigenvalue weighted by Gasteiger charge is 2.08. The van der Waals surface area contributed by atoms with E-state index in [1.165, 1.54) is 43.6 Å². The van der Waals surface area contributed by atoms with Crippen LogP contribution in [0.5, 0.6) is 5.75 Å². The second-order valence-corrected chi connectivity index (χ2v) is 5.16. The fourth-order valence-electron chi connectivity index (χ4n) is 2.58. The van der Waals surface area contributed by atoms with Crippen LogP contribution in [0.3, 0.4) is 0 Å². The molecular weight excluding hydrogens is 224 g/mol. The fourth-order valence-corrected chi connectivity index (χ4v) is 2.58. The molecule has 0 amide bonds. The predicted molar refractivity (Wildman–Crippen MR) is 75.1 cm³/mol. The highest BCUT2D eigenvalue weighted by atomic mass is 16.3. The average molecular weight is 248 g/mol. The third-order valence-corrected chi connectivity index (χ3v) is 3.68. The van der Waals surface area contributed by atoms with E-state index in [1.54, 1.807) is 6.07 Å². The topological polar surface area (TPSA) is 35.5 Å². The van der Waals surface area contributed by atoms with Crippen LogP contribution in [0.2, 0.25) is 0 Å². The molecule has 2 N–H and O–H groups in total. The molecule has 1 aromatic rings. The van der Waals surface area contributed by atoms with Gasteiger partial charge in [0.05, 0.1) is 0 Å². The lowest BCUT2D eigenvalue weighted by atomic mass is 10.0. The lowest BCUT2D eigenvalue weighted by Gasteiger charge is -2.19. The van der Waals surface area contributed by atoms with E-state index in [4.69, 9.17) is 0 Å². The van der Waals surface area contributed by atoms with Gasteiger partial charge in [-0.05, 0) is 69.1 Å². The molecule has 0 bridgehead atoms. The van der Waals surface area contributed by atoms with Crippen LogP contribution in [0.4, 0.5) is 0 Å². The van der Waals surface area contributed by atoms with Crippen LogP contribution in [0.1, 0.15) is 24.0 Å². The zero-order valence-corrected chi connectivity index (χ0v) is 11.3. The Labute approximate surface area is 110 Å². The van der Waals surface area contributed by atoms with Crippen LogP contribution < -0.4 is 5.32 Å². The Morgan fingerprint density at radius 2 is 2.17 bits per heavy atom. The van der Waals surface area contributed by atoms with E-state index < -0.39 is 0 Å². The number of nitrogens with zero attached hydrogens (tertiary/aromatic N) is 1. The monoisotopic (exact) mass is 248 g/mol. The zero-order chi connectivity index (χ0) is 12.8. The van der Waals surface area contributed by atoms with Gasteiger partial charge in [-0.1, -0.05) is 6.07 Å². The van der Waals surface area contributed by atoms with E-state index in [1.807, 2.05) is 6.07 Å². The van der Waals surface area contributed by atoms with Gasteiger partial charge < -0.3 is 15.3 Å². The molecule has 0 radical (unpaired) electrons. The molecule has 0 aliphatic carbocycles. The third-order valence-electron chi connectivity index (χ3n) is 3.68. The number of aryl methyl sites for hydroxylation is 2. The molecule has 100 valence electrons. The van der Waals surface area contributed by atoms with E-state index in [-0.39, 0.29) is 0 Å². The summed E-state index contributed by atoms with van der Waals surface area (Å²) in [5.41, 5.74) is 2.56. The number of aromatic hydroxyl groups is 1. The number of rotatable bonds is 4. The molecule has 1 heterocycles. The molecule has 1 fully saturated rings. The van der Waals surface area contributed by atoms with Crippen LogP contribution in [0.25, 0.3) is 0 Å². The van der Waals surface area contributed by atoms with Gasteiger partial charge >= 0.3 is 0 Å². The Balaban J connectivity index is 1.77. The minimum absolute atomic E-state index is 0.370. The van der Waals surface area contributed by atoms with Gasteiger partial charge in [0.25, 0.3) is 0 Å². The van der Waals surface area contributed by atoms with Crippen molar-refractivity contribution in [1.82, 2.24) is 10.2 Å². The minimum atomic E-state index is 0.370. The fraction of sp³-hybridized carbons (Fsp3) is 0.600. The lowest BCUT2D eigenvalue weighted by molar-refractivity contribution is 0.289. The molecule has 0 unspecified atom stereocenters. The maximum Gasteiger partial charge on any atom is 0.115 e. The molecule has 1 saturated heterocycles. The summed E-state index contributed by atoms with van der Waals surface area (Å²) in [6.07, 6.45) is 3.57. The predicted octanol–water partition coefficient (Wildman–Crippen LogP) is 1.93. The van der Waals surface area contributed by atoms with Crippen molar-refractivity contribution < 1.29 is 5.11 Å². The standard InChI is InChI=1S/C15H24N2O/c1-13-12-15(18)6-5-14(13)4-2-9-17-10-3-7-16-8-11-17/h5-6,12,16,18H,2-4,7-11H2,1H3. The molecule has 3 heteroatoms. The summed E-state index contributed by atoms with van der Waals surface area (Å²) in [6.45, 7) is 7.94. The van der Waals surface area contributed by atoms with Crippen LogP contribution in [-0.2, 0) is 6.42 Å². The molecule has 18 heavy (non-hydrogen) atoms. The Bertz CT molecular complexity index is 371. The molecular formula is C15H24N2O. The highest BCUT2D eigenvalue weighted by Crippen LogP contribution is 2.17. The van der Waals surface area contributed by atoms with Gasteiger partial charge in [-0.2, -0.15) is 0 Å². The Morgan fingerprint density at radius 1 is 1.28 bits per heavy atom. The van der Waals surface area contributed by atoms with Crippen molar-refractivity contribution in [2.75, 3.05) is 32.7 Å². The first-order valence-electron chi connectivity index (χ1n) is 6.97. The third kappa shape index (κ3) is 4.00. The van der Waals surface area contributed by atoms with Crippen molar-refractivity contribution >= 4 is 0 Å². The maximum atomic E-state index is 9.38. The van der Waals surface area contributed by atoms with Crippen LogP contribution >= 0.6 is 0 Å². The maximum absolute atomic E-state index is 9.38. The summed E-state index contributed by atoms with van der Waals surface area (Å²) >= 11 is 0. The molecule has 0 aromatic heterocycles. The number of hydrogen-bond donors (Lipinski definition) is 2. The number of benzene rings is 1. The molecule has 0 spiro atoms. The first-order chi connectivity index (χ1) is 8.75. The van der Waals surface area contributed by atoms with Crippen molar-refractivity contribution in [3.05, 3.63) is 29.3 Å². The molecule has 1 aliphatic heterocycles. The highest BCUT2D eigenvalue weighted by molar-refractivity contribution is 5.33. The smallest absolute Gasteiger partial charge is 0.115 e. The Kier molecular flexibility index (Phi) is 5.02. The summed E-state index contributed by atoms with van der Waals surface area (Å²) in [7, 11) is 0. The van der Waals surface area contributed by atoms with Crippen molar-refractivity contribution in [2.45, 2.75) is 26.2 Å². The van der Waals surface area contributed by atoms with Gasteiger partial charge in [0.1, 0.15) is 5.75 Å². The van der Waals surface area contributed by atoms with E-state index in [2.05, 4.69) is 23.2 Å². The lowest BCUT2D eigenvalue weighted by Crippen LogP contribution is -2.29. The summed E-state index contributed by atoms with van der Waals surface area (Å²) in [6, 6.07) is 5.69. The van der Waals surface area contributed by atoms with Gasteiger partial charge in [0.15, 0.2) is 0 Å². The van der Waals surface area contributed by atoms with Crippen molar-refractivity contribution in [3.63, 3.8) is 0 Å². The second kappa shape index (κ2) is 6.76. The summed E-state index contributed by atoms with van der Waals surface area (Å²) in [5, 5.41) is 12.8. The normalized spacial score (nSPS) is 17.6. The number of phenolic OH excluding ortho intramolecular Hbond substituents is 1. The Hall–Kier alpha value is -1.06. The number of nitrogens with one attached hydrogen (secondary N) is 1. The molecule has 2 rings (SSSR count). The first-order valence-corrected chi connectivity index (χ1v) is 6.97. The minimum Gasteiger partial charge on any atom is -0.508 e. The summed E-state index contributed by atoms with van der Waals surface area (Å²) in [4.78, 5) is 2.55. The van der Waals surface area contributed by atoms with Gasteiger partial charge in [-0.15, -0.1) is 0 Å². The van der Waals surface area contributed by atoms with Gasteiger partial charge in [0.2, 0.25) is 0 Å². The van der Waals surface area contributed by atoms with E-state index in [9.17, 15) is 5.11 Å². The molecule has 1 aliphatic rings. The summed E-state index contributed by atoms with van der Waals surface area (Å²) < 4.78 is 0. The summed E-state index contributed by atoms with van der Waals surface area (Å²) in [5.74, 6) is 0.370. The van der Waals surface area contributed by atoms with Gasteiger partial charge in [0, 0.05) is 13.1 Å². The van der Waals surface area contributed by atoms with Crippen LogP contribution in [-0.4, -0.2) is 42.7 Å². The molecule has 0 atom stereocenters. The Morgan fingerprint density at radius 3 is 3.00 bits per heavy atom. The first kappa shape index (κ1) is 13.4. The SMILES string of the molecule is Cc1cc(O)ccc1CCCN1CCCNCC1. The van der Waals surface area contributed by atoms with Crippen LogP contribution in [0, 0.1) is 6.92 Å². The number of hydrogen-bond acceptors (Lipinski definition) is 3. The van der Waals surface area contributed by atoms with Crippen molar-refractivity contribution in [2.24, 2.45) is 0 Å². The van der Waals surface area contributed by atoms with Crippen molar-refractivity contribution in [3.8, 4) is 5.75 Å². The quantitative estimate of drug-likeness (QED) is 0.854. The average Bonchev–Trinajstić information content (AvgIpc) is 2.60. The van der Waals surface area contributed by atoms with Gasteiger partial charge in [-0.3, -0.25) is 0 Å². The van der Waals surface area contributed by atoms with E-state index >= 15 is 0 Å². The van der Waals surface area contributed by atoms with E-state index in [0.717, 1.165) is 19.5 Å². The second-order valence-electron chi connectivity index (χ2n) is 5.16. The zero-order valence-electron chi connectivity index (χ0n) is 11.3. The molecule has 0 saturated carbocycles. The molecule has 1 aromatic carbocycles. The van der Waals surface area contributed by atoms with E-state index in [0.29, 0.717) is 5.75 Å². The molecule has 3 nitrogen and oxygen atoms in total. The van der Waals surface area contributed by atoms with Gasteiger partial charge in [-0.25, -0.2) is 0 Å². The van der Waals surface area contributed by atoms with Crippen LogP contribution in [0.15, 0.2) is 18.2 Å². The largest absolute Gasteiger partial charge is 0.508 e. The number of phenols is 1.